The van der Waals surface area contributed by atoms with Crippen LogP contribution in [0.15, 0.2) is 6.07 Å². The van der Waals surface area contributed by atoms with Crippen molar-refractivity contribution in [1.29, 1.82) is 0 Å². The van der Waals surface area contributed by atoms with E-state index in [-0.39, 0.29) is 29.5 Å². The molecule has 0 radical (unpaired) electrons. The molecular weight excluding hydrogens is 272 g/mol. The van der Waals surface area contributed by atoms with Crippen LogP contribution in [0.2, 0.25) is 0 Å². The monoisotopic (exact) mass is 294 g/mol. The van der Waals surface area contributed by atoms with Crippen molar-refractivity contribution in [3.8, 4) is 0 Å². The van der Waals surface area contributed by atoms with Crippen LogP contribution in [-0.4, -0.2) is 40.9 Å². The van der Waals surface area contributed by atoms with E-state index < -0.39 is 0 Å². The molecule has 1 aromatic rings. The molecular formula is C14H22N4O3. The van der Waals surface area contributed by atoms with Crippen molar-refractivity contribution in [1.82, 2.24) is 15.1 Å². The Balaban J connectivity index is 1.93. The molecule has 0 bridgehead atoms. The number of rotatable bonds is 5. The fourth-order valence-electron chi connectivity index (χ4n) is 2.07. The first-order valence-electron chi connectivity index (χ1n) is 7.22. The van der Waals surface area contributed by atoms with Crippen molar-refractivity contribution >= 4 is 17.6 Å². The minimum Gasteiger partial charge on any atom is -0.376 e. The van der Waals surface area contributed by atoms with Gasteiger partial charge in [-0.05, 0) is 12.8 Å². The van der Waals surface area contributed by atoms with Gasteiger partial charge in [0.1, 0.15) is 5.82 Å². The number of carbonyl (C=O) groups is 2. The van der Waals surface area contributed by atoms with Crippen molar-refractivity contribution in [2.75, 3.05) is 18.5 Å². The van der Waals surface area contributed by atoms with Crippen molar-refractivity contribution in [3.05, 3.63) is 11.8 Å². The van der Waals surface area contributed by atoms with E-state index >= 15 is 0 Å². The third kappa shape index (κ3) is 4.04. The Hall–Kier alpha value is -1.89. The van der Waals surface area contributed by atoms with Crippen LogP contribution in [0.1, 0.15) is 37.2 Å². The summed E-state index contributed by atoms with van der Waals surface area (Å²) in [7, 11) is 1.69. The molecule has 1 atom stereocenters. The fraction of sp³-hybridized carbons (Fsp3) is 0.643. The smallest absolute Gasteiger partial charge is 0.271 e. The topological polar surface area (TPSA) is 85.2 Å². The largest absolute Gasteiger partial charge is 0.376 e. The van der Waals surface area contributed by atoms with Crippen LogP contribution < -0.4 is 10.6 Å². The molecule has 2 N–H and O–H groups in total. The highest BCUT2D eigenvalue weighted by atomic mass is 16.5. The molecule has 0 spiro atoms. The van der Waals surface area contributed by atoms with Crippen LogP contribution in [0, 0.1) is 5.92 Å². The van der Waals surface area contributed by atoms with E-state index in [1.165, 1.54) is 4.68 Å². The Kier molecular flexibility index (Phi) is 4.95. The second kappa shape index (κ2) is 6.71. The molecule has 1 saturated heterocycles. The lowest BCUT2D eigenvalue weighted by atomic mass is 10.2. The van der Waals surface area contributed by atoms with E-state index in [1.807, 2.05) is 0 Å². The van der Waals surface area contributed by atoms with Crippen LogP contribution in [0.5, 0.6) is 0 Å². The standard InChI is InChI=1S/C14H22N4O3/c1-9(2)13(19)16-12-7-11(17-18(12)3)14(20)15-8-10-5-4-6-21-10/h7,9-10H,4-6,8H2,1-3H3,(H,15,20)(H,16,19)/t10-/m0/s1. The van der Waals surface area contributed by atoms with Gasteiger partial charge in [0.2, 0.25) is 5.91 Å². The van der Waals surface area contributed by atoms with Gasteiger partial charge < -0.3 is 15.4 Å². The summed E-state index contributed by atoms with van der Waals surface area (Å²) in [5, 5.41) is 9.66. The van der Waals surface area contributed by atoms with Crippen LogP contribution in [0.25, 0.3) is 0 Å². The molecule has 21 heavy (non-hydrogen) atoms. The lowest BCUT2D eigenvalue weighted by molar-refractivity contribution is -0.118. The van der Waals surface area contributed by atoms with Gasteiger partial charge >= 0.3 is 0 Å². The Labute approximate surface area is 124 Å². The highest BCUT2D eigenvalue weighted by molar-refractivity contribution is 5.95. The average Bonchev–Trinajstić information content (AvgIpc) is 3.06. The molecule has 0 aromatic carbocycles. The quantitative estimate of drug-likeness (QED) is 0.845. The number of aromatic nitrogens is 2. The molecule has 2 rings (SSSR count). The Morgan fingerprint density at radius 1 is 1.52 bits per heavy atom. The Morgan fingerprint density at radius 2 is 2.29 bits per heavy atom. The van der Waals surface area contributed by atoms with Gasteiger partial charge in [-0.1, -0.05) is 13.8 Å². The second-order valence-electron chi connectivity index (χ2n) is 5.53. The van der Waals surface area contributed by atoms with E-state index in [0.717, 1.165) is 19.4 Å². The molecule has 2 amide bonds. The number of nitrogens with one attached hydrogen (secondary N) is 2. The van der Waals surface area contributed by atoms with Gasteiger partial charge in [0.05, 0.1) is 6.10 Å². The highest BCUT2D eigenvalue weighted by Gasteiger charge is 2.19. The molecule has 0 saturated carbocycles. The van der Waals surface area contributed by atoms with Gasteiger partial charge in [0, 0.05) is 32.2 Å². The molecule has 116 valence electrons. The zero-order valence-corrected chi connectivity index (χ0v) is 12.7. The zero-order chi connectivity index (χ0) is 15.4. The number of nitrogens with zero attached hydrogens (tertiary/aromatic N) is 2. The SMILES string of the molecule is CC(C)C(=O)Nc1cc(C(=O)NC[C@@H]2CCCO2)nn1C. The second-order valence-corrected chi connectivity index (χ2v) is 5.53. The Morgan fingerprint density at radius 3 is 2.90 bits per heavy atom. The maximum absolute atomic E-state index is 12.0. The number of carbonyl (C=O) groups excluding carboxylic acids is 2. The molecule has 2 heterocycles. The average molecular weight is 294 g/mol. The summed E-state index contributed by atoms with van der Waals surface area (Å²) in [6.45, 7) is 4.86. The molecule has 1 fully saturated rings. The maximum Gasteiger partial charge on any atom is 0.271 e. The number of amides is 2. The molecule has 0 aliphatic carbocycles. The molecule has 7 heteroatoms. The third-order valence-corrected chi connectivity index (χ3v) is 3.40. The van der Waals surface area contributed by atoms with Gasteiger partial charge in [0.15, 0.2) is 5.69 Å². The lowest BCUT2D eigenvalue weighted by Gasteiger charge is -2.09. The summed E-state index contributed by atoms with van der Waals surface area (Å²) in [4.78, 5) is 23.7. The fourth-order valence-corrected chi connectivity index (χ4v) is 2.07. The van der Waals surface area contributed by atoms with Gasteiger partial charge in [-0.3, -0.25) is 14.3 Å². The molecule has 1 aromatic heterocycles. The normalized spacial score (nSPS) is 18.0. The van der Waals surface area contributed by atoms with Crippen molar-refractivity contribution in [2.45, 2.75) is 32.8 Å². The Bertz CT molecular complexity index is 518. The summed E-state index contributed by atoms with van der Waals surface area (Å²) >= 11 is 0. The van der Waals surface area contributed by atoms with Gasteiger partial charge in [-0.15, -0.1) is 0 Å². The minimum absolute atomic E-state index is 0.0952. The van der Waals surface area contributed by atoms with E-state index in [1.54, 1.807) is 27.0 Å². The summed E-state index contributed by atoms with van der Waals surface area (Å²) in [5.74, 6) is 0.0168. The van der Waals surface area contributed by atoms with Crippen LogP contribution in [0.4, 0.5) is 5.82 Å². The predicted molar refractivity (Wildman–Crippen MR) is 78.0 cm³/mol. The molecule has 0 unspecified atom stereocenters. The lowest BCUT2D eigenvalue weighted by Crippen LogP contribution is -2.32. The predicted octanol–water partition coefficient (Wildman–Crippen LogP) is 0.923. The zero-order valence-electron chi connectivity index (χ0n) is 12.7. The summed E-state index contributed by atoms with van der Waals surface area (Å²) in [5.41, 5.74) is 0.287. The maximum atomic E-state index is 12.0. The van der Waals surface area contributed by atoms with E-state index in [4.69, 9.17) is 4.74 Å². The van der Waals surface area contributed by atoms with E-state index in [2.05, 4.69) is 15.7 Å². The first-order valence-corrected chi connectivity index (χ1v) is 7.22. The molecule has 1 aliphatic rings. The molecule has 7 nitrogen and oxygen atoms in total. The van der Waals surface area contributed by atoms with Gasteiger partial charge in [0.25, 0.3) is 5.91 Å². The first-order chi connectivity index (χ1) is 9.97. The highest BCUT2D eigenvalue weighted by Crippen LogP contribution is 2.12. The van der Waals surface area contributed by atoms with Gasteiger partial charge in [-0.2, -0.15) is 5.10 Å². The van der Waals surface area contributed by atoms with Crippen molar-refractivity contribution in [3.63, 3.8) is 0 Å². The van der Waals surface area contributed by atoms with Crippen LogP contribution >= 0.6 is 0 Å². The van der Waals surface area contributed by atoms with Gasteiger partial charge in [-0.25, -0.2) is 0 Å². The number of aryl methyl sites for hydroxylation is 1. The van der Waals surface area contributed by atoms with Crippen molar-refractivity contribution < 1.29 is 14.3 Å². The van der Waals surface area contributed by atoms with Crippen LogP contribution in [-0.2, 0) is 16.6 Å². The van der Waals surface area contributed by atoms with Crippen molar-refractivity contribution in [2.24, 2.45) is 13.0 Å². The number of anilines is 1. The van der Waals surface area contributed by atoms with E-state index in [9.17, 15) is 9.59 Å². The number of ether oxygens (including phenoxy) is 1. The first kappa shape index (κ1) is 15.5. The van der Waals surface area contributed by atoms with E-state index in [0.29, 0.717) is 12.4 Å². The third-order valence-electron chi connectivity index (χ3n) is 3.40. The minimum atomic E-state index is -0.258. The summed E-state index contributed by atoms with van der Waals surface area (Å²) in [6, 6.07) is 1.57. The number of hydrogen-bond donors (Lipinski definition) is 2. The molecule has 1 aliphatic heterocycles. The summed E-state index contributed by atoms with van der Waals surface area (Å²) < 4.78 is 6.94. The summed E-state index contributed by atoms with van der Waals surface area (Å²) in [6.07, 6.45) is 2.10. The number of hydrogen-bond acceptors (Lipinski definition) is 4. The van der Waals surface area contributed by atoms with Crippen LogP contribution in [0.3, 0.4) is 0 Å².